The average Bonchev–Trinajstić information content (AvgIpc) is 4.06. The van der Waals surface area contributed by atoms with Gasteiger partial charge in [-0.2, -0.15) is 9.97 Å². The van der Waals surface area contributed by atoms with Crippen LogP contribution < -0.4 is 9.64 Å². The molecule has 6 nitrogen and oxygen atoms in total. The first kappa shape index (κ1) is 38.5. The molecular formula is C46H53F4N5OSi. The number of alkyl halides is 1. The predicted octanol–water partition coefficient (Wildman–Crippen LogP) is 10.9. The van der Waals surface area contributed by atoms with Crippen molar-refractivity contribution >= 4 is 35.6 Å². The Hall–Kier alpha value is -4.01. The molecule has 4 atom stereocenters. The van der Waals surface area contributed by atoms with Crippen molar-refractivity contribution in [1.29, 1.82) is 0 Å². The van der Waals surface area contributed by atoms with Crippen LogP contribution >= 0.6 is 0 Å². The average molecular weight is 796 g/mol. The standard InChI is InChI=1S/C46H53F4N5OSi/c1-27(2)57(28(3)4,29(5)6)21-15-32-36(48)14-13-31-10-9-12-33(37(31)32)40-39(50)41-35(24-51-40)43(55-19-8-7-11-34-38(49)42(34)55)53-44(52-41)56-26-46-22-30(23-47)25-54(46)20-18-45(46)16-17-45/h9-10,12-14,23-24,27-29,34,38,42H,7-8,11,16-20,22,25-26H2,1-6H3/b30-23-/t34-,38-,42-,46-/m0/s1. The van der Waals surface area contributed by atoms with Gasteiger partial charge in [0, 0.05) is 36.2 Å². The van der Waals surface area contributed by atoms with Gasteiger partial charge in [-0.25, -0.2) is 17.6 Å². The molecule has 3 saturated heterocycles. The van der Waals surface area contributed by atoms with Crippen molar-refractivity contribution in [2.75, 3.05) is 31.1 Å². The smallest absolute Gasteiger partial charge is 0.319 e. The van der Waals surface area contributed by atoms with Crippen LogP contribution in [0, 0.1) is 34.4 Å². The number of fused-ring (bicyclic) bond motifs is 5. The number of pyridine rings is 1. The van der Waals surface area contributed by atoms with Crippen molar-refractivity contribution in [2.24, 2.45) is 11.3 Å². The van der Waals surface area contributed by atoms with Gasteiger partial charge in [0.05, 0.1) is 28.9 Å². The topological polar surface area (TPSA) is 54.4 Å². The van der Waals surface area contributed by atoms with E-state index in [0.29, 0.717) is 58.3 Å². The molecule has 3 aliphatic heterocycles. The fraction of sp³-hybridized carbons (Fsp3) is 0.543. The van der Waals surface area contributed by atoms with Gasteiger partial charge in [-0.15, -0.1) is 5.54 Å². The molecule has 2 aliphatic carbocycles. The Kier molecular flexibility index (Phi) is 9.51. The zero-order valence-electron chi connectivity index (χ0n) is 33.9. The Bertz CT molecular complexity index is 2330. The first-order valence-corrected chi connectivity index (χ1v) is 23.3. The molecule has 300 valence electrons. The quantitative estimate of drug-likeness (QED) is 0.101. The Morgan fingerprint density at radius 1 is 0.982 bits per heavy atom. The lowest BCUT2D eigenvalue weighted by Crippen LogP contribution is -2.49. The third-order valence-corrected chi connectivity index (χ3v) is 21.1. The Morgan fingerprint density at radius 2 is 1.75 bits per heavy atom. The van der Waals surface area contributed by atoms with Crippen LogP contribution in [0.1, 0.15) is 92.1 Å². The zero-order valence-corrected chi connectivity index (χ0v) is 34.9. The molecule has 0 unspecified atom stereocenters. The molecular weight excluding hydrogens is 743 g/mol. The maximum atomic E-state index is 17.5. The monoisotopic (exact) mass is 795 g/mol. The summed E-state index contributed by atoms with van der Waals surface area (Å²) in [7, 11) is -2.25. The van der Waals surface area contributed by atoms with E-state index in [1.165, 1.54) is 6.07 Å². The van der Waals surface area contributed by atoms with Crippen LogP contribution in [-0.2, 0) is 0 Å². The maximum absolute atomic E-state index is 17.5. The van der Waals surface area contributed by atoms with E-state index in [1.54, 1.807) is 18.3 Å². The van der Waals surface area contributed by atoms with Gasteiger partial charge in [-0.3, -0.25) is 9.88 Å². The lowest BCUT2D eigenvalue weighted by atomic mass is 9.80. The molecule has 0 amide bonds. The number of hydrogen-bond donors (Lipinski definition) is 0. The van der Waals surface area contributed by atoms with Gasteiger partial charge in [0.2, 0.25) is 0 Å². The summed E-state index contributed by atoms with van der Waals surface area (Å²) in [6, 6.07) is 8.26. The number of rotatable bonds is 8. The molecule has 2 aromatic carbocycles. The highest BCUT2D eigenvalue weighted by Crippen LogP contribution is 2.66. The summed E-state index contributed by atoms with van der Waals surface area (Å²) in [5.41, 5.74) is 5.82. The van der Waals surface area contributed by atoms with Crippen LogP contribution in [0.3, 0.4) is 0 Å². The van der Waals surface area contributed by atoms with Crippen LogP contribution in [-0.4, -0.2) is 71.9 Å². The Balaban J connectivity index is 1.19. The minimum Gasteiger partial charge on any atom is -0.461 e. The highest BCUT2D eigenvalue weighted by Gasteiger charge is 2.68. The molecule has 0 N–H and O–H groups in total. The van der Waals surface area contributed by atoms with E-state index in [4.69, 9.17) is 19.7 Å². The van der Waals surface area contributed by atoms with E-state index < -0.39 is 25.9 Å². The van der Waals surface area contributed by atoms with Crippen LogP contribution in [0.4, 0.5) is 23.4 Å². The normalized spacial score (nSPS) is 26.1. The van der Waals surface area contributed by atoms with Gasteiger partial charge in [-0.05, 0) is 84.1 Å². The number of ether oxygens (including phenoxy) is 1. The van der Waals surface area contributed by atoms with Gasteiger partial charge in [0.15, 0.2) is 5.82 Å². The highest BCUT2D eigenvalue weighted by atomic mass is 28.3. The molecule has 4 aromatic rings. The number of benzene rings is 2. The van der Waals surface area contributed by atoms with Crippen molar-refractivity contribution in [3.8, 4) is 28.7 Å². The van der Waals surface area contributed by atoms with E-state index in [1.807, 2.05) is 17.0 Å². The summed E-state index contributed by atoms with van der Waals surface area (Å²) in [6.45, 7) is 15.6. The van der Waals surface area contributed by atoms with Crippen molar-refractivity contribution in [2.45, 2.75) is 121 Å². The van der Waals surface area contributed by atoms with Crippen molar-refractivity contribution in [1.82, 2.24) is 19.9 Å². The number of aromatic nitrogens is 3. The number of anilines is 1. The number of nitrogens with zero attached hydrogens (tertiary/aromatic N) is 5. The summed E-state index contributed by atoms with van der Waals surface area (Å²) in [5, 5.41) is 1.60. The molecule has 0 radical (unpaired) electrons. The van der Waals surface area contributed by atoms with Crippen molar-refractivity contribution in [3.05, 3.63) is 65.6 Å². The Morgan fingerprint density at radius 3 is 2.47 bits per heavy atom. The Labute approximate surface area is 334 Å². The molecule has 9 rings (SSSR count). The largest absolute Gasteiger partial charge is 0.461 e. The summed E-state index contributed by atoms with van der Waals surface area (Å²) in [4.78, 5) is 18.7. The third kappa shape index (κ3) is 5.93. The van der Waals surface area contributed by atoms with E-state index in [0.717, 1.165) is 62.4 Å². The molecule has 5 aliphatic rings. The summed E-state index contributed by atoms with van der Waals surface area (Å²) in [5.74, 6) is 2.50. The van der Waals surface area contributed by atoms with Gasteiger partial charge >= 0.3 is 6.01 Å². The van der Waals surface area contributed by atoms with Crippen LogP contribution in [0.15, 0.2) is 48.4 Å². The molecule has 5 fully saturated rings. The van der Waals surface area contributed by atoms with E-state index in [-0.39, 0.29) is 52.3 Å². The van der Waals surface area contributed by atoms with Crippen LogP contribution in [0.25, 0.3) is 32.9 Å². The maximum Gasteiger partial charge on any atom is 0.319 e. The van der Waals surface area contributed by atoms with E-state index >= 15 is 13.2 Å². The van der Waals surface area contributed by atoms with E-state index in [2.05, 4.69) is 57.9 Å². The third-order valence-electron chi connectivity index (χ3n) is 14.8. The summed E-state index contributed by atoms with van der Waals surface area (Å²) < 4.78 is 69.4. The zero-order chi connectivity index (χ0) is 40.0. The second-order valence-electron chi connectivity index (χ2n) is 18.5. The number of hydrogen-bond acceptors (Lipinski definition) is 6. The molecule has 0 bridgehead atoms. The fourth-order valence-corrected chi connectivity index (χ4v) is 16.8. The second kappa shape index (κ2) is 14.1. The summed E-state index contributed by atoms with van der Waals surface area (Å²) >= 11 is 0. The minimum absolute atomic E-state index is 0.00739. The van der Waals surface area contributed by atoms with Crippen molar-refractivity contribution in [3.63, 3.8) is 0 Å². The van der Waals surface area contributed by atoms with Crippen LogP contribution in [0.5, 0.6) is 6.01 Å². The fourth-order valence-electron chi connectivity index (χ4n) is 11.6. The predicted molar refractivity (Wildman–Crippen MR) is 221 cm³/mol. The molecule has 5 heterocycles. The molecule has 57 heavy (non-hydrogen) atoms. The number of halogens is 4. The molecule has 2 aromatic heterocycles. The van der Waals surface area contributed by atoms with Gasteiger partial charge in [0.1, 0.15) is 43.7 Å². The van der Waals surface area contributed by atoms with Crippen LogP contribution in [0.2, 0.25) is 16.6 Å². The molecule has 11 heteroatoms. The minimum atomic E-state index is -2.25. The van der Waals surface area contributed by atoms with E-state index in [9.17, 15) is 4.39 Å². The summed E-state index contributed by atoms with van der Waals surface area (Å²) in [6.07, 6.45) is 7.60. The van der Waals surface area contributed by atoms with Crippen molar-refractivity contribution < 1.29 is 22.3 Å². The first-order valence-electron chi connectivity index (χ1n) is 21.0. The highest BCUT2D eigenvalue weighted by molar-refractivity contribution is 6.90. The SMILES string of the molecule is CC(C)[Si](C#Cc1c(F)ccc2cccc(-c3ncc4c(N5CCCC[C@H]6[C@H](F)[C@H]65)nc(OC[C@]56C/C(=C/F)CN5CCC65CC5)nc4c3F)c12)(C(C)C)C(C)C. The molecule has 1 spiro atoms. The van der Waals surface area contributed by atoms with Gasteiger partial charge in [0.25, 0.3) is 0 Å². The van der Waals surface area contributed by atoms with Gasteiger partial charge in [-0.1, -0.05) is 78.1 Å². The second-order valence-corrected chi connectivity index (χ2v) is 24.1. The lowest BCUT2D eigenvalue weighted by molar-refractivity contribution is 0.0649. The van der Waals surface area contributed by atoms with Gasteiger partial charge < -0.3 is 9.64 Å². The lowest BCUT2D eigenvalue weighted by Gasteiger charge is -2.38. The molecule has 2 saturated carbocycles. The first-order chi connectivity index (χ1) is 27.4.